The molecule has 0 bridgehead atoms. The molecule has 0 aromatic carbocycles. The molecule has 0 radical (unpaired) electrons. The second-order valence-electron chi connectivity index (χ2n) is 5.35. The Balaban J connectivity index is 1.93. The summed E-state index contributed by atoms with van der Waals surface area (Å²) in [4.78, 5) is 5.65. The summed E-state index contributed by atoms with van der Waals surface area (Å²) in [5, 5.41) is 5.50. The van der Waals surface area contributed by atoms with Crippen molar-refractivity contribution in [1.29, 1.82) is 0 Å². The maximum atomic E-state index is 5.77. The van der Waals surface area contributed by atoms with Crippen LogP contribution in [0.25, 0.3) is 0 Å². The molecule has 20 heavy (non-hydrogen) atoms. The molecule has 0 fully saturated rings. The first kappa shape index (κ1) is 15.0. The highest BCUT2D eigenvalue weighted by atomic mass is 32.1. The zero-order valence-electron chi connectivity index (χ0n) is 12.3. The van der Waals surface area contributed by atoms with Gasteiger partial charge in [-0.2, -0.15) is 0 Å². The number of hydrogen-bond acceptors (Lipinski definition) is 4. The van der Waals surface area contributed by atoms with Gasteiger partial charge in [-0.05, 0) is 42.5 Å². The maximum absolute atomic E-state index is 5.77. The highest BCUT2D eigenvalue weighted by Gasteiger charge is 2.03. The SMILES string of the molecule is Cc1cc(CNCC(C)C)cc(OCc2cccs2)n1. The predicted molar refractivity (Wildman–Crippen MR) is 84.2 cm³/mol. The van der Waals surface area contributed by atoms with Gasteiger partial charge in [0.1, 0.15) is 6.61 Å². The van der Waals surface area contributed by atoms with Crippen molar-refractivity contribution in [3.63, 3.8) is 0 Å². The lowest BCUT2D eigenvalue weighted by atomic mass is 10.2. The van der Waals surface area contributed by atoms with E-state index in [0.29, 0.717) is 18.4 Å². The summed E-state index contributed by atoms with van der Waals surface area (Å²) >= 11 is 1.70. The van der Waals surface area contributed by atoms with Gasteiger partial charge in [-0.15, -0.1) is 11.3 Å². The molecule has 0 saturated carbocycles. The number of rotatable bonds is 7. The molecule has 2 rings (SSSR count). The second-order valence-corrected chi connectivity index (χ2v) is 6.38. The fourth-order valence-electron chi connectivity index (χ4n) is 1.93. The van der Waals surface area contributed by atoms with Crippen molar-refractivity contribution in [3.05, 3.63) is 45.8 Å². The van der Waals surface area contributed by atoms with Crippen LogP contribution in [0.4, 0.5) is 0 Å². The van der Waals surface area contributed by atoms with Crippen LogP contribution in [0.3, 0.4) is 0 Å². The fourth-order valence-corrected chi connectivity index (χ4v) is 2.54. The molecule has 4 heteroatoms. The molecule has 1 N–H and O–H groups in total. The van der Waals surface area contributed by atoms with Crippen LogP contribution in [0.2, 0.25) is 0 Å². The summed E-state index contributed by atoms with van der Waals surface area (Å²) in [7, 11) is 0. The van der Waals surface area contributed by atoms with Crippen LogP contribution in [0, 0.1) is 12.8 Å². The van der Waals surface area contributed by atoms with Gasteiger partial charge in [-0.25, -0.2) is 4.98 Å². The average Bonchev–Trinajstić information content (AvgIpc) is 2.88. The molecule has 0 unspecified atom stereocenters. The van der Waals surface area contributed by atoms with Crippen LogP contribution in [0.15, 0.2) is 29.6 Å². The van der Waals surface area contributed by atoms with Gasteiger partial charge in [0.25, 0.3) is 0 Å². The monoisotopic (exact) mass is 290 g/mol. The first-order valence-corrected chi connectivity index (χ1v) is 7.85. The normalized spacial score (nSPS) is 11.0. The Bertz CT molecular complexity index is 523. The van der Waals surface area contributed by atoms with Gasteiger partial charge in [0.05, 0.1) is 0 Å². The molecule has 2 aromatic heterocycles. The molecule has 3 nitrogen and oxygen atoms in total. The van der Waals surface area contributed by atoms with E-state index in [0.717, 1.165) is 18.8 Å². The Kier molecular flexibility index (Phi) is 5.56. The predicted octanol–water partition coefficient (Wildman–Crippen LogP) is 3.78. The molecule has 0 atom stereocenters. The number of nitrogens with zero attached hydrogens (tertiary/aromatic N) is 1. The highest BCUT2D eigenvalue weighted by molar-refractivity contribution is 7.09. The quantitative estimate of drug-likeness (QED) is 0.842. The van der Waals surface area contributed by atoms with Gasteiger partial charge >= 0.3 is 0 Å². The molecule has 0 spiro atoms. The van der Waals surface area contributed by atoms with Crippen molar-refractivity contribution in [2.45, 2.75) is 33.9 Å². The number of thiophene rings is 1. The van der Waals surface area contributed by atoms with E-state index in [9.17, 15) is 0 Å². The van der Waals surface area contributed by atoms with E-state index >= 15 is 0 Å². The summed E-state index contributed by atoms with van der Waals surface area (Å²) in [5.41, 5.74) is 2.22. The minimum absolute atomic E-state index is 0.590. The molecular weight excluding hydrogens is 268 g/mol. The van der Waals surface area contributed by atoms with Crippen molar-refractivity contribution < 1.29 is 4.74 Å². The third-order valence-electron chi connectivity index (χ3n) is 2.81. The molecule has 2 heterocycles. The fraction of sp³-hybridized carbons (Fsp3) is 0.438. The van der Waals surface area contributed by atoms with Gasteiger partial charge in [0.15, 0.2) is 0 Å². The highest BCUT2D eigenvalue weighted by Crippen LogP contribution is 2.16. The number of ether oxygens (including phenoxy) is 1. The van der Waals surface area contributed by atoms with Gasteiger partial charge in [0.2, 0.25) is 5.88 Å². The molecule has 2 aromatic rings. The number of pyridine rings is 1. The zero-order valence-corrected chi connectivity index (χ0v) is 13.2. The number of hydrogen-bond donors (Lipinski definition) is 1. The van der Waals surface area contributed by atoms with Crippen molar-refractivity contribution in [2.75, 3.05) is 6.54 Å². The smallest absolute Gasteiger partial charge is 0.214 e. The van der Waals surface area contributed by atoms with Gasteiger partial charge in [-0.3, -0.25) is 0 Å². The van der Waals surface area contributed by atoms with Crippen LogP contribution >= 0.6 is 11.3 Å². The van der Waals surface area contributed by atoms with Crippen LogP contribution < -0.4 is 10.1 Å². The summed E-state index contributed by atoms with van der Waals surface area (Å²) in [6.45, 7) is 8.89. The van der Waals surface area contributed by atoms with E-state index in [1.165, 1.54) is 10.4 Å². The Morgan fingerprint density at radius 3 is 2.90 bits per heavy atom. The molecule has 0 saturated heterocycles. The van der Waals surface area contributed by atoms with Gasteiger partial charge in [-0.1, -0.05) is 19.9 Å². The van der Waals surface area contributed by atoms with Crippen molar-refractivity contribution in [1.82, 2.24) is 10.3 Å². The van der Waals surface area contributed by atoms with E-state index in [1.54, 1.807) is 11.3 Å². The lowest BCUT2D eigenvalue weighted by Gasteiger charge is -2.10. The molecular formula is C16H22N2OS. The zero-order chi connectivity index (χ0) is 14.4. The molecule has 0 aliphatic carbocycles. The largest absolute Gasteiger partial charge is 0.472 e. The van der Waals surface area contributed by atoms with Crippen LogP contribution in [0.1, 0.15) is 30.0 Å². The Morgan fingerprint density at radius 1 is 1.35 bits per heavy atom. The molecule has 0 aliphatic heterocycles. The summed E-state index contributed by atoms with van der Waals surface area (Å²) in [6, 6.07) is 8.24. The summed E-state index contributed by atoms with van der Waals surface area (Å²) in [5.74, 6) is 1.37. The third-order valence-corrected chi connectivity index (χ3v) is 3.66. The minimum atomic E-state index is 0.590. The topological polar surface area (TPSA) is 34.1 Å². The van der Waals surface area contributed by atoms with E-state index < -0.39 is 0 Å². The first-order valence-electron chi connectivity index (χ1n) is 6.97. The summed E-state index contributed by atoms with van der Waals surface area (Å²) < 4.78 is 5.77. The number of nitrogens with one attached hydrogen (secondary N) is 1. The van der Waals surface area contributed by atoms with Crippen molar-refractivity contribution in [3.8, 4) is 5.88 Å². The summed E-state index contributed by atoms with van der Waals surface area (Å²) in [6.07, 6.45) is 0. The maximum Gasteiger partial charge on any atom is 0.214 e. The first-order chi connectivity index (χ1) is 9.63. The van der Waals surface area contributed by atoms with Crippen molar-refractivity contribution in [2.24, 2.45) is 5.92 Å². The van der Waals surface area contributed by atoms with Crippen LogP contribution in [-0.4, -0.2) is 11.5 Å². The van der Waals surface area contributed by atoms with E-state index in [2.05, 4.69) is 41.7 Å². The Morgan fingerprint density at radius 2 is 2.20 bits per heavy atom. The van der Waals surface area contributed by atoms with Gasteiger partial charge in [0, 0.05) is 23.2 Å². The third kappa shape index (κ3) is 4.94. The van der Waals surface area contributed by atoms with Crippen LogP contribution in [0.5, 0.6) is 5.88 Å². The van der Waals surface area contributed by atoms with Crippen LogP contribution in [-0.2, 0) is 13.2 Å². The minimum Gasteiger partial charge on any atom is -0.472 e. The lowest BCUT2D eigenvalue weighted by molar-refractivity contribution is 0.296. The van der Waals surface area contributed by atoms with Gasteiger partial charge < -0.3 is 10.1 Å². The van der Waals surface area contributed by atoms with Crippen molar-refractivity contribution >= 4 is 11.3 Å². The Hall–Kier alpha value is -1.39. The number of aryl methyl sites for hydroxylation is 1. The van der Waals surface area contributed by atoms with E-state index in [-0.39, 0.29) is 0 Å². The lowest BCUT2D eigenvalue weighted by Crippen LogP contribution is -2.19. The number of aromatic nitrogens is 1. The average molecular weight is 290 g/mol. The Labute approximate surface area is 125 Å². The molecule has 0 amide bonds. The molecule has 0 aliphatic rings. The van der Waals surface area contributed by atoms with E-state index in [4.69, 9.17) is 4.74 Å². The standard InChI is InChI=1S/C16H22N2OS/c1-12(2)9-17-10-14-7-13(3)18-16(8-14)19-11-15-5-4-6-20-15/h4-8,12,17H,9-11H2,1-3H3. The second kappa shape index (κ2) is 7.41. The van der Waals surface area contributed by atoms with E-state index in [1.807, 2.05) is 19.1 Å². The molecule has 108 valence electrons.